The van der Waals surface area contributed by atoms with Crippen LogP contribution in [0.5, 0.6) is 5.75 Å². The average Bonchev–Trinajstić information content (AvgIpc) is 3.23. The van der Waals surface area contributed by atoms with Crippen LogP contribution in [0, 0.1) is 0 Å². The monoisotopic (exact) mass is 404 g/mol. The maximum Gasteiger partial charge on any atom is 0.289 e. The minimum atomic E-state index is -0.432. The number of hydrogen-bond donors (Lipinski definition) is 2. The first-order valence-corrected chi connectivity index (χ1v) is 10.1. The van der Waals surface area contributed by atoms with E-state index in [0.29, 0.717) is 26.2 Å². The van der Waals surface area contributed by atoms with Crippen molar-refractivity contribution in [3.05, 3.63) is 40.9 Å². The largest absolute Gasteiger partial charge is 0.494 e. The number of morpholine rings is 1. The first kappa shape index (κ1) is 20.1. The third kappa shape index (κ3) is 5.43. The number of aromatic nitrogens is 1. The molecule has 1 aliphatic rings. The molecule has 1 aliphatic heterocycles. The van der Waals surface area contributed by atoms with E-state index in [2.05, 4.69) is 20.7 Å². The molecule has 0 atom stereocenters. The predicted molar refractivity (Wildman–Crippen MR) is 107 cm³/mol. The van der Waals surface area contributed by atoms with E-state index in [4.69, 9.17) is 9.47 Å². The fourth-order valence-corrected chi connectivity index (χ4v) is 3.64. The zero-order valence-corrected chi connectivity index (χ0v) is 16.6. The normalized spacial score (nSPS) is 13.8. The first-order chi connectivity index (χ1) is 13.7. The van der Waals surface area contributed by atoms with Gasteiger partial charge < -0.3 is 14.4 Å². The first-order valence-electron chi connectivity index (χ1n) is 9.25. The number of hydrazine groups is 1. The molecule has 0 radical (unpaired) electrons. The second-order valence-corrected chi connectivity index (χ2v) is 6.99. The number of carbonyl (C=O) groups excluding carboxylic acids is 2. The molecule has 0 spiro atoms. The minimum absolute atomic E-state index is 0.237. The number of anilines is 1. The van der Waals surface area contributed by atoms with Crippen molar-refractivity contribution >= 4 is 28.3 Å². The van der Waals surface area contributed by atoms with E-state index in [9.17, 15) is 9.59 Å². The van der Waals surface area contributed by atoms with Crippen molar-refractivity contribution in [1.82, 2.24) is 15.8 Å². The smallest absolute Gasteiger partial charge is 0.289 e. The van der Waals surface area contributed by atoms with Crippen LogP contribution in [0.2, 0.25) is 0 Å². The van der Waals surface area contributed by atoms with Gasteiger partial charge in [-0.3, -0.25) is 20.4 Å². The summed E-state index contributed by atoms with van der Waals surface area (Å²) in [5.41, 5.74) is 6.11. The number of nitrogens with one attached hydrogen (secondary N) is 2. The number of amides is 2. The van der Waals surface area contributed by atoms with Gasteiger partial charge in [-0.2, -0.15) is 0 Å². The number of rotatable bonds is 7. The number of thiazole rings is 1. The van der Waals surface area contributed by atoms with Gasteiger partial charge in [-0.15, -0.1) is 11.3 Å². The van der Waals surface area contributed by atoms with E-state index < -0.39 is 5.91 Å². The Bertz CT molecular complexity index is 805. The molecule has 1 fully saturated rings. The number of nitrogens with zero attached hydrogens (tertiary/aromatic N) is 2. The van der Waals surface area contributed by atoms with Crippen molar-refractivity contribution in [2.24, 2.45) is 0 Å². The summed E-state index contributed by atoms with van der Waals surface area (Å²) in [6.45, 7) is 5.32. The van der Waals surface area contributed by atoms with Gasteiger partial charge in [0.25, 0.3) is 5.91 Å². The summed E-state index contributed by atoms with van der Waals surface area (Å²) in [5.74, 6) is 0.0714. The van der Waals surface area contributed by atoms with Crippen molar-refractivity contribution in [2.75, 3.05) is 37.8 Å². The SMILES string of the molecule is CCOc1ccccc1CCC(=O)NNC(=O)c1csc(N2CCOCC2)n1. The molecule has 0 unspecified atom stereocenters. The molecular formula is C19H24N4O4S. The Morgan fingerprint density at radius 2 is 2.04 bits per heavy atom. The number of hydrogen-bond acceptors (Lipinski definition) is 7. The third-order valence-corrected chi connectivity index (χ3v) is 5.12. The number of benzene rings is 1. The van der Waals surface area contributed by atoms with Crippen LogP contribution in [0.25, 0.3) is 0 Å². The van der Waals surface area contributed by atoms with Crippen LogP contribution in [0.3, 0.4) is 0 Å². The lowest BCUT2D eigenvalue weighted by molar-refractivity contribution is -0.121. The summed E-state index contributed by atoms with van der Waals surface area (Å²) in [6.07, 6.45) is 0.760. The minimum Gasteiger partial charge on any atom is -0.494 e. The lowest BCUT2D eigenvalue weighted by Crippen LogP contribution is -2.42. The van der Waals surface area contributed by atoms with Gasteiger partial charge in [-0.1, -0.05) is 18.2 Å². The Morgan fingerprint density at radius 3 is 2.82 bits per heavy atom. The Morgan fingerprint density at radius 1 is 1.25 bits per heavy atom. The highest BCUT2D eigenvalue weighted by atomic mass is 32.1. The van der Waals surface area contributed by atoms with E-state index in [0.717, 1.165) is 29.5 Å². The summed E-state index contributed by atoms with van der Waals surface area (Å²) in [5, 5.41) is 2.47. The molecule has 2 heterocycles. The molecule has 150 valence electrons. The molecule has 8 nitrogen and oxygen atoms in total. The second kappa shape index (κ2) is 10.0. The Labute approximate surface area is 167 Å². The zero-order chi connectivity index (χ0) is 19.8. The quantitative estimate of drug-likeness (QED) is 0.684. The topological polar surface area (TPSA) is 92.8 Å². The molecule has 2 amide bonds. The lowest BCUT2D eigenvalue weighted by atomic mass is 10.1. The van der Waals surface area contributed by atoms with Crippen molar-refractivity contribution in [3.8, 4) is 5.75 Å². The molecule has 0 saturated carbocycles. The maximum absolute atomic E-state index is 12.2. The second-order valence-electron chi connectivity index (χ2n) is 6.16. The van der Waals surface area contributed by atoms with Crippen LogP contribution >= 0.6 is 11.3 Å². The maximum atomic E-state index is 12.2. The zero-order valence-electron chi connectivity index (χ0n) is 15.8. The molecule has 0 bridgehead atoms. The van der Waals surface area contributed by atoms with Gasteiger partial charge in [-0.25, -0.2) is 4.98 Å². The Hall–Kier alpha value is -2.65. The highest BCUT2D eigenvalue weighted by Crippen LogP contribution is 2.21. The molecule has 1 aromatic carbocycles. The van der Waals surface area contributed by atoms with E-state index in [1.807, 2.05) is 31.2 Å². The summed E-state index contributed by atoms with van der Waals surface area (Å²) in [4.78, 5) is 30.7. The molecule has 2 aromatic rings. The van der Waals surface area contributed by atoms with Gasteiger partial charge in [-0.05, 0) is 25.0 Å². The molecule has 28 heavy (non-hydrogen) atoms. The van der Waals surface area contributed by atoms with Crippen molar-refractivity contribution in [3.63, 3.8) is 0 Å². The van der Waals surface area contributed by atoms with Crippen molar-refractivity contribution in [1.29, 1.82) is 0 Å². The number of aryl methyl sites for hydroxylation is 1. The van der Waals surface area contributed by atoms with Gasteiger partial charge in [0.15, 0.2) is 5.13 Å². The van der Waals surface area contributed by atoms with Crippen molar-refractivity contribution in [2.45, 2.75) is 19.8 Å². The molecule has 3 rings (SSSR count). The van der Waals surface area contributed by atoms with Gasteiger partial charge >= 0.3 is 0 Å². The number of para-hydroxylation sites is 1. The number of carbonyl (C=O) groups is 2. The molecule has 0 aliphatic carbocycles. The van der Waals surface area contributed by atoms with E-state index in [1.165, 1.54) is 11.3 Å². The van der Waals surface area contributed by atoms with Crippen LogP contribution in [0.1, 0.15) is 29.4 Å². The summed E-state index contributed by atoms with van der Waals surface area (Å²) < 4.78 is 10.9. The van der Waals surface area contributed by atoms with Gasteiger partial charge in [0, 0.05) is 24.9 Å². The summed E-state index contributed by atoms with van der Waals surface area (Å²) >= 11 is 1.40. The molecule has 1 saturated heterocycles. The van der Waals surface area contributed by atoms with Crippen LogP contribution in [-0.2, 0) is 16.0 Å². The van der Waals surface area contributed by atoms with Gasteiger partial charge in [0.2, 0.25) is 5.91 Å². The van der Waals surface area contributed by atoms with Crippen LogP contribution in [-0.4, -0.2) is 49.7 Å². The Balaban J connectivity index is 1.45. The lowest BCUT2D eigenvalue weighted by Gasteiger charge is -2.25. The predicted octanol–water partition coefficient (Wildman–Crippen LogP) is 1.77. The van der Waals surface area contributed by atoms with Crippen LogP contribution < -0.4 is 20.5 Å². The van der Waals surface area contributed by atoms with E-state index in [1.54, 1.807) is 5.38 Å². The molecule has 1 aromatic heterocycles. The fourth-order valence-electron chi connectivity index (χ4n) is 2.78. The summed E-state index contributed by atoms with van der Waals surface area (Å²) in [7, 11) is 0. The standard InChI is InChI=1S/C19H24N4O4S/c1-2-27-16-6-4-3-5-14(16)7-8-17(24)21-22-18(25)15-13-28-19(20-15)23-9-11-26-12-10-23/h3-6,13H,2,7-12H2,1H3,(H,21,24)(H,22,25). The molecular weight excluding hydrogens is 380 g/mol. The summed E-state index contributed by atoms with van der Waals surface area (Å²) in [6, 6.07) is 7.62. The van der Waals surface area contributed by atoms with Gasteiger partial charge in [0.1, 0.15) is 11.4 Å². The van der Waals surface area contributed by atoms with Gasteiger partial charge in [0.05, 0.1) is 19.8 Å². The van der Waals surface area contributed by atoms with Crippen molar-refractivity contribution < 1.29 is 19.1 Å². The number of ether oxygens (including phenoxy) is 2. The average molecular weight is 404 g/mol. The highest BCUT2D eigenvalue weighted by Gasteiger charge is 2.17. The third-order valence-electron chi connectivity index (χ3n) is 4.22. The molecule has 9 heteroatoms. The Kier molecular flexibility index (Phi) is 7.21. The van der Waals surface area contributed by atoms with Crippen LogP contribution in [0.15, 0.2) is 29.6 Å². The molecule has 2 N–H and O–H groups in total. The van der Waals surface area contributed by atoms with Crippen LogP contribution in [0.4, 0.5) is 5.13 Å². The van der Waals surface area contributed by atoms with E-state index >= 15 is 0 Å². The fraction of sp³-hybridized carbons (Fsp3) is 0.421. The van der Waals surface area contributed by atoms with E-state index in [-0.39, 0.29) is 18.0 Å². The highest BCUT2D eigenvalue weighted by molar-refractivity contribution is 7.13.